The molecule has 0 radical (unpaired) electrons. The summed E-state index contributed by atoms with van der Waals surface area (Å²) in [6, 6.07) is 0. The molecule has 4 rings (SSSR count). The number of piperazine rings is 1. The first-order valence-corrected chi connectivity index (χ1v) is 10.9. The Kier molecular flexibility index (Phi) is 6.21. The molecule has 0 N–H and O–H groups in total. The molecule has 4 fully saturated rings. The number of amides is 1. The predicted molar refractivity (Wildman–Crippen MR) is 104 cm³/mol. The van der Waals surface area contributed by atoms with E-state index in [1.807, 2.05) is 4.90 Å². The molecule has 4 heterocycles. The van der Waals surface area contributed by atoms with Crippen molar-refractivity contribution in [2.75, 3.05) is 85.2 Å². The molecule has 0 aromatic rings. The number of likely N-dealkylation sites (tertiary alicyclic amines) is 1. The molecule has 0 bridgehead atoms. The van der Waals surface area contributed by atoms with Gasteiger partial charge in [-0.2, -0.15) is 0 Å². The second kappa shape index (κ2) is 8.64. The summed E-state index contributed by atoms with van der Waals surface area (Å²) in [7, 11) is 0. The second-order valence-corrected chi connectivity index (χ2v) is 8.78. The lowest BCUT2D eigenvalue weighted by atomic mass is 9.90. The minimum Gasteiger partial charge on any atom is -0.441 e. The molecule has 0 aromatic carbocycles. The van der Waals surface area contributed by atoms with E-state index >= 15 is 0 Å². The van der Waals surface area contributed by atoms with Crippen molar-refractivity contribution < 1.29 is 14.3 Å². The molecule has 154 valence electrons. The first kappa shape index (κ1) is 19.4. The molecule has 0 aromatic heterocycles. The topological polar surface area (TPSA) is 48.5 Å². The van der Waals surface area contributed by atoms with Crippen LogP contribution in [0.3, 0.4) is 0 Å². The van der Waals surface area contributed by atoms with Gasteiger partial charge in [-0.15, -0.1) is 0 Å². The van der Waals surface area contributed by atoms with E-state index in [4.69, 9.17) is 9.47 Å². The maximum atomic E-state index is 12.4. The molecule has 4 aliphatic rings. The quantitative estimate of drug-likeness (QED) is 0.684. The largest absolute Gasteiger partial charge is 0.441 e. The third-order valence-corrected chi connectivity index (χ3v) is 6.95. The summed E-state index contributed by atoms with van der Waals surface area (Å²) >= 11 is 0. The van der Waals surface area contributed by atoms with E-state index in [0.29, 0.717) is 5.92 Å². The summed E-state index contributed by atoms with van der Waals surface area (Å²) < 4.78 is 11.4. The van der Waals surface area contributed by atoms with Gasteiger partial charge in [-0.1, -0.05) is 6.92 Å². The molecule has 7 nitrogen and oxygen atoms in total. The number of hydrogen-bond acceptors (Lipinski definition) is 6. The Morgan fingerprint density at radius 3 is 2.41 bits per heavy atom. The second-order valence-electron chi connectivity index (χ2n) is 8.78. The summed E-state index contributed by atoms with van der Waals surface area (Å²) in [6.07, 6.45) is 3.03. The molecule has 0 saturated carbocycles. The van der Waals surface area contributed by atoms with Gasteiger partial charge < -0.3 is 24.2 Å². The summed E-state index contributed by atoms with van der Waals surface area (Å²) in [5.41, 5.74) is -0.235. The van der Waals surface area contributed by atoms with E-state index in [2.05, 4.69) is 21.6 Å². The number of rotatable bonds is 6. The van der Waals surface area contributed by atoms with E-state index in [-0.39, 0.29) is 11.7 Å². The number of hydrogen-bond donors (Lipinski definition) is 0. The van der Waals surface area contributed by atoms with Crippen LogP contribution in [0, 0.1) is 5.92 Å². The van der Waals surface area contributed by atoms with Gasteiger partial charge in [0.25, 0.3) is 0 Å². The van der Waals surface area contributed by atoms with Crippen molar-refractivity contribution in [2.45, 2.75) is 31.8 Å². The lowest BCUT2D eigenvalue weighted by Gasteiger charge is -2.38. The number of ether oxygens (including phenoxy) is 2. The zero-order valence-corrected chi connectivity index (χ0v) is 16.9. The Bertz CT molecular complexity index is 495. The molecule has 4 saturated heterocycles. The van der Waals surface area contributed by atoms with Gasteiger partial charge >= 0.3 is 6.09 Å². The van der Waals surface area contributed by atoms with Crippen LogP contribution in [-0.4, -0.2) is 117 Å². The van der Waals surface area contributed by atoms with E-state index in [0.717, 1.165) is 98.0 Å². The SMILES string of the molecule is CCN1CCN(CCN2CC3(CCN(C[C@@H]4CCOC4)CC3)OC2=O)CC1. The van der Waals surface area contributed by atoms with Crippen molar-refractivity contribution in [1.29, 1.82) is 0 Å². The van der Waals surface area contributed by atoms with E-state index < -0.39 is 0 Å². The minimum absolute atomic E-state index is 0.0974. The first-order valence-electron chi connectivity index (χ1n) is 10.9. The molecule has 0 unspecified atom stereocenters. The average molecular weight is 381 g/mol. The number of carbonyl (C=O) groups excluding carboxylic acids is 1. The average Bonchev–Trinajstić information content (AvgIpc) is 3.30. The zero-order chi connectivity index (χ0) is 18.7. The molecule has 1 amide bonds. The molecule has 27 heavy (non-hydrogen) atoms. The van der Waals surface area contributed by atoms with Crippen molar-refractivity contribution in [2.24, 2.45) is 5.92 Å². The fourth-order valence-corrected chi connectivity index (χ4v) is 4.95. The highest BCUT2D eigenvalue weighted by Crippen LogP contribution is 2.33. The smallest absolute Gasteiger partial charge is 0.410 e. The highest BCUT2D eigenvalue weighted by molar-refractivity contribution is 5.70. The summed E-state index contributed by atoms with van der Waals surface area (Å²) in [5.74, 6) is 0.690. The van der Waals surface area contributed by atoms with E-state index in [1.54, 1.807) is 0 Å². The van der Waals surface area contributed by atoms with Gasteiger partial charge in [0.1, 0.15) is 5.60 Å². The molecule has 0 aliphatic carbocycles. The van der Waals surface area contributed by atoms with Crippen molar-refractivity contribution in [3.63, 3.8) is 0 Å². The fourth-order valence-electron chi connectivity index (χ4n) is 4.95. The zero-order valence-electron chi connectivity index (χ0n) is 16.9. The normalized spacial score (nSPS) is 30.3. The third-order valence-electron chi connectivity index (χ3n) is 6.95. The standard InChI is InChI=1S/C20H36N4O3/c1-2-21-8-10-22(11-9-21)12-13-24-17-20(27-19(24)25)4-6-23(7-5-20)15-18-3-14-26-16-18/h18H,2-17H2,1H3/t18-/m0/s1. The van der Waals surface area contributed by atoms with Gasteiger partial charge in [-0.25, -0.2) is 4.79 Å². The van der Waals surface area contributed by atoms with Crippen LogP contribution in [0.25, 0.3) is 0 Å². The Morgan fingerprint density at radius 2 is 1.74 bits per heavy atom. The summed E-state index contributed by atoms with van der Waals surface area (Å²) in [4.78, 5) is 21.9. The first-order chi connectivity index (χ1) is 13.2. The van der Waals surface area contributed by atoms with Gasteiger partial charge in [0, 0.05) is 78.4 Å². The molecular weight excluding hydrogens is 344 g/mol. The van der Waals surface area contributed by atoms with Crippen LogP contribution in [0.15, 0.2) is 0 Å². The van der Waals surface area contributed by atoms with Gasteiger partial charge in [-0.05, 0) is 18.9 Å². The van der Waals surface area contributed by atoms with E-state index in [9.17, 15) is 4.79 Å². The maximum absolute atomic E-state index is 12.4. The van der Waals surface area contributed by atoms with Crippen LogP contribution in [0.4, 0.5) is 4.79 Å². The number of carbonyl (C=O) groups is 1. The molecule has 1 atom stereocenters. The maximum Gasteiger partial charge on any atom is 0.410 e. The van der Waals surface area contributed by atoms with Crippen molar-refractivity contribution in [3.8, 4) is 0 Å². The Labute approximate surface area is 163 Å². The van der Waals surface area contributed by atoms with Gasteiger partial charge in [0.15, 0.2) is 0 Å². The summed E-state index contributed by atoms with van der Waals surface area (Å²) in [6.45, 7) is 15.5. The van der Waals surface area contributed by atoms with Gasteiger partial charge in [0.2, 0.25) is 0 Å². The van der Waals surface area contributed by atoms with E-state index in [1.165, 1.54) is 6.42 Å². The van der Waals surface area contributed by atoms with Crippen molar-refractivity contribution in [1.82, 2.24) is 19.6 Å². The Balaban J connectivity index is 1.20. The van der Waals surface area contributed by atoms with Crippen LogP contribution in [0.5, 0.6) is 0 Å². The molecule has 7 heteroatoms. The Hall–Kier alpha value is -0.890. The molecule has 4 aliphatic heterocycles. The highest BCUT2D eigenvalue weighted by Gasteiger charge is 2.47. The fraction of sp³-hybridized carbons (Fsp3) is 0.950. The predicted octanol–water partition coefficient (Wildman–Crippen LogP) is 0.947. The lowest BCUT2D eigenvalue weighted by Crippen LogP contribution is -2.49. The third kappa shape index (κ3) is 4.75. The molecular formula is C20H36N4O3. The Morgan fingerprint density at radius 1 is 1.00 bits per heavy atom. The van der Waals surface area contributed by atoms with Crippen LogP contribution < -0.4 is 0 Å². The van der Waals surface area contributed by atoms with Crippen LogP contribution in [-0.2, 0) is 9.47 Å². The number of likely N-dealkylation sites (N-methyl/N-ethyl adjacent to an activating group) is 1. The van der Waals surface area contributed by atoms with Crippen molar-refractivity contribution >= 4 is 6.09 Å². The lowest BCUT2D eigenvalue weighted by molar-refractivity contribution is -0.00294. The van der Waals surface area contributed by atoms with Crippen LogP contribution in [0.2, 0.25) is 0 Å². The monoisotopic (exact) mass is 380 g/mol. The van der Waals surface area contributed by atoms with Crippen molar-refractivity contribution in [3.05, 3.63) is 0 Å². The number of piperidine rings is 1. The van der Waals surface area contributed by atoms with Gasteiger partial charge in [0.05, 0.1) is 13.2 Å². The minimum atomic E-state index is -0.235. The highest BCUT2D eigenvalue weighted by atomic mass is 16.6. The number of nitrogens with zero attached hydrogens (tertiary/aromatic N) is 4. The summed E-state index contributed by atoms with van der Waals surface area (Å²) in [5, 5.41) is 0. The van der Waals surface area contributed by atoms with Gasteiger partial charge in [-0.3, -0.25) is 4.90 Å². The van der Waals surface area contributed by atoms with Crippen LogP contribution >= 0.6 is 0 Å². The molecule has 1 spiro atoms. The van der Waals surface area contributed by atoms with Crippen LogP contribution in [0.1, 0.15) is 26.2 Å².